The predicted molar refractivity (Wildman–Crippen MR) is 131 cm³/mol. The maximum Gasteiger partial charge on any atom is 0.257 e. The summed E-state index contributed by atoms with van der Waals surface area (Å²) in [6, 6.07) is 6.32. The number of aromatic nitrogens is 4. The van der Waals surface area contributed by atoms with E-state index in [1.165, 1.54) is 0 Å². The van der Waals surface area contributed by atoms with Gasteiger partial charge in [-0.05, 0) is 49.8 Å². The largest absolute Gasteiger partial charge is 0.378 e. The van der Waals surface area contributed by atoms with Crippen LogP contribution in [0.25, 0.3) is 10.9 Å². The van der Waals surface area contributed by atoms with Crippen LogP contribution in [0.4, 0.5) is 11.8 Å². The van der Waals surface area contributed by atoms with Crippen LogP contribution in [0.5, 0.6) is 0 Å². The molecular formula is C24H28ClN7O2. The highest BCUT2D eigenvalue weighted by Crippen LogP contribution is 2.27. The van der Waals surface area contributed by atoms with Gasteiger partial charge in [0.05, 0.1) is 18.8 Å². The Kier molecular flexibility index (Phi) is 7.01. The van der Waals surface area contributed by atoms with Crippen molar-refractivity contribution in [1.29, 1.82) is 0 Å². The fourth-order valence-corrected chi connectivity index (χ4v) is 4.74. The summed E-state index contributed by atoms with van der Waals surface area (Å²) in [6.45, 7) is 3.19. The van der Waals surface area contributed by atoms with Crippen molar-refractivity contribution >= 4 is 40.2 Å². The summed E-state index contributed by atoms with van der Waals surface area (Å²) < 4.78 is 5.30. The molecule has 1 aliphatic heterocycles. The average Bonchev–Trinajstić information content (AvgIpc) is 2.89. The summed E-state index contributed by atoms with van der Waals surface area (Å²) in [7, 11) is 0. The van der Waals surface area contributed by atoms with Gasteiger partial charge in [0.2, 0.25) is 5.95 Å². The second-order valence-electron chi connectivity index (χ2n) is 8.81. The summed E-state index contributed by atoms with van der Waals surface area (Å²) in [5.74, 6) is 1.91. The van der Waals surface area contributed by atoms with Crippen LogP contribution in [0, 0.1) is 5.92 Å². The Balaban J connectivity index is 1.08. The molecule has 178 valence electrons. The minimum atomic E-state index is -0.0416. The highest BCUT2D eigenvalue weighted by molar-refractivity contribution is 6.33. The average molecular weight is 482 g/mol. The van der Waals surface area contributed by atoms with Crippen LogP contribution >= 0.6 is 11.6 Å². The normalized spacial score (nSPS) is 20.8. The number of ether oxygens (including phenoxy) is 1. The second-order valence-corrected chi connectivity index (χ2v) is 9.17. The molecule has 2 N–H and O–H groups in total. The molecule has 0 bridgehead atoms. The van der Waals surface area contributed by atoms with Gasteiger partial charge in [-0.1, -0.05) is 11.6 Å². The fourth-order valence-electron chi connectivity index (χ4n) is 4.53. The Labute approximate surface area is 203 Å². The third-order valence-corrected chi connectivity index (χ3v) is 6.79. The molecule has 1 saturated carbocycles. The van der Waals surface area contributed by atoms with Gasteiger partial charge >= 0.3 is 0 Å². The molecule has 0 radical (unpaired) electrons. The van der Waals surface area contributed by atoms with Gasteiger partial charge in [0.25, 0.3) is 5.91 Å². The van der Waals surface area contributed by atoms with Crippen LogP contribution in [0.2, 0.25) is 5.15 Å². The number of pyridine rings is 2. The van der Waals surface area contributed by atoms with Crippen molar-refractivity contribution in [3.8, 4) is 0 Å². The summed E-state index contributed by atoms with van der Waals surface area (Å²) >= 11 is 6.19. The van der Waals surface area contributed by atoms with Crippen molar-refractivity contribution < 1.29 is 9.53 Å². The van der Waals surface area contributed by atoms with Crippen molar-refractivity contribution in [2.75, 3.05) is 43.5 Å². The lowest BCUT2D eigenvalue weighted by molar-refractivity contribution is 0.0302. The first-order valence-corrected chi connectivity index (χ1v) is 12.1. The van der Waals surface area contributed by atoms with E-state index in [4.69, 9.17) is 16.3 Å². The van der Waals surface area contributed by atoms with Crippen LogP contribution < -0.4 is 10.6 Å². The molecule has 1 amide bonds. The van der Waals surface area contributed by atoms with E-state index in [0.717, 1.165) is 48.9 Å². The quantitative estimate of drug-likeness (QED) is 0.514. The number of carbonyl (C=O) groups is 1. The number of halogens is 1. The number of nitrogens with zero attached hydrogens (tertiary/aromatic N) is 5. The Hall–Kier alpha value is -3.04. The second kappa shape index (κ2) is 10.5. The number of fused-ring (bicyclic) bond motifs is 1. The lowest BCUT2D eigenvalue weighted by Crippen LogP contribution is -2.40. The molecule has 9 nitrogen and oxygen atoms in total. The molecule has 5 rings (SSSR count). The molecule has 4 heterocycles. The number of carbonyl (C=O) groups excluding carboxylic acids is 1. The Bertz CT molecular complexity index is 1130. The van der Waals surface area contributed by atoms with Gasteiger partial charge in [-0.3, -0.25) is 4.79 Å². The van der Waals surface area contributed by atoms with E-state index in [0.29, 0.717) is 54.9 Å². The zero-order valence-electron chi connectivity index (χ0n) is 18.9. The highest BCUT2D eigenvalue weighted by atomic mass is 35.5. The van der Waals surface area contributed by atoms with Gasteiger partial charge in [0.1, 0.15) is 11.3 Å². The van der Waals surface area contributed by atoms with E-state index in [-0.39, 0.29) is 5.91 Å². The number of hydrogen-bond acceptors (Lipinski definition) is 8. The van der Waals surface area contributed by atoms with Gasteiger partial charge < -0.3 is 20.3 Å². The first-order valence-electron chi connectivity index (χ1n) is 11.8. The molecule has 0 aromatic carbocycles. The molecule has 1 aliphatic carbocycles. The number of nitrogens with one attached hydrogen (secondary N) is 2. The fraction of sp³-hybridized carbons (Fsp3) is 0.458. The summed E-state index contributed by atoms with van der Waals surface area (Å²) in [5.41, 5.74) is 1.24. The Morgan fingerprint density at radius 2 is 1.82 bits per heavy atom. The lowest BCUT2D eigenvalue weighted by atomic mass is 9.86. The van der Waals surface area contributed by atoms with E-state index in [2.05, 4.69) is 30.6 Å². The van der Waals surface area contributed by atoms with E-state index in [1.54, 1.807) is 23.5 Å². The van der Waals surface area contributed by atoms with Crippen molar-refractivity contribution in [2.24, 2.45) is 5.92 Å². The summed E-state index contributed by atoms with van der Waals surface area (Å²) in [4.78, 5) is 31.7. The standard InChI is InChI=1S/C24H28ClN7O2/c25-22-21-17(7-8-26-22)3-6-20(31-21)30-19-4-1-16(2-5-19)13-27-24-28-14-18(15-29-24)23(33)32-9-11-34-12-10-32/h3,6-8,14-16,19H,1-2,4-5,9-13H2,(H,30,31)(H,27,28,29). The van der Waals surface area contributed by atoms with E-state index in [9.17, 15) is 4.79 Å². The molecule has 2 aliphatic rings. The molecule has 3 aromatic heterocycles. The summed E-state index contributed by atoms with van der Waals surface area (Å²) in [6.07, 6.45) is 9.25. The Morgan fingerprint density at radius 1 is 1.06 bits per heavy atom. The van der Waals surface area contributed by atoms with E-state index < -0.39 is 0 Å². The maximum atomic E-state index is 12.5. The molecular weight excluding hydrogens is 454 g/mol. The van der Waals surface area contributed by atoms with Crippen LogP contribution in [0.15, 0.2) is 36.8 Å². The topological polar surface area (TPSA) is 105 Å². The number of hydrogen-bond donors (Lipinski definition) is 2. The third kappa shape index (κ3) is 5.37. The van der Waals surface area contributed by atoms with Crippen LogP contribution in [-0.2, 0) is 4.74 Å². The minimum absolute atomic E-state index is 0.0416. The molecule has 34 heavy (non-hydrogen) atoms. The third-order valence-electron chi connectivity index (χ3n) is 6.51. The van der Waals surface area contributed by atoms with Gasteiger partial charge in [-0.2, -0.15) is 0 Å². The molecule has 0 unspecified atom stereocenters. The SMILES string of the molecule is O=C(c1cnc(NCC2CCC(Nc3ccc4ccnc(Cl)c4n3)CC2)nc1)N1CCOCC1. The first-order chi connectivity index (χ1) is 16.7. The molecule has 0 spiro atoms. The summed E-state index contributed by atoms with van der Waals surface area (Å²) in [5, 5.41) is 8.30. The smallest absolute Gasteiger partial charge is 0.257 e. The number of morpholine rings is 1. The van der Waals surface area contributed by atoms with E-state index >= 15 is 0 Å². The molecule has 1 saturated heterocycles. The molecule has 10 heteroatoms. The maximum absolute atomic E-state index is 12.5. The molecule has 3 aromatic rings. The van der Waals surface area contributed by atoms with Crippen molar-refractivity contribution in [3.05, 3.63) is 47.5 Å². The van der Waals surface area contributed by atoms with Crippen LogP contribution in [0.1, 0.15) is 36.0 Å². The zero-order chi connectivity index (χ0) is 23.3. The number of amides is 1. The minimum Gasteiger partial charge on any atom is -0.378 e. The molecule has 2 fully saturated rings. The van der Waals surface area contributed by atoms with Crippen molar-refractivity contribution in [1.82, 2.24) is 24.8 Å². The van der Waals surface area contributed by atoms with Gasteiger partial charge in [-0.25, -0.2) is 19.9 Å². The highest BCUT2D eigenvalue weighted by Gasteiger charge is 2.22. The monoisotopic (exact) mass is 481 g/mol. The van der Waals surface area contributed by atoms with Crippen molar-refractivity contribution in [2.45, 2.75) is 31.7 Å². The van der Waals surface area contributed by atoms with Crippen molar-refractivity contribution in [3.63, 3.8) is 0 Å². The van der Waals surface area contributed by atoms with Gasteiger partial charge in [-0.15, -0.1) is 0 Å². The lowest BCUT2D eigenvalue weighted by Gasteiger charge is -2.29. The van der Waals surface area contributed by atoms with Gasteiger partial charge in [0.15, 0.2) is 5.15 Å². The predicted octanol–water partition coefficient (Wildman–Crippen LogP) is 3.63. The molecule has 0 atom stereocenters. The number of anilines is 2. The number of rotatable bonds is 6. The van der Waals surface area contributed by atoms with Crippen LogP contribution in [-0.4, -0.2) is 69.6 Å². The zero-order valence-corrected chi connectivity index (χ0v) is 19.7. The van der Waals surface area contributed by atoms with Crippen LogP contribution in [0.3, 0.4) is 0 Å². The first kappa shape index (κ1) is 22.7. The Morgan fingerprint density at radius 3 is 2.59 bits per heavy atom. The van der Waals surface area contributed by atoms with E-state index in [1.807, 2.05) is 18.2 Å². The van der Waals surface area contributed by atoms with Gasteiger partial charge in [0, 0.05) is 49.7 Å².